The van der Waals surface area contributed by atoms with Crippen LogP contribution in [0.1, 0.15) is 11.4 Å². The Labute approximate surface area is 130 Å². The summed E-state index contributed by atoms with van der Waals surface area (Å²) in [5.74, 6) is -0.164. The normalized spacial score (nSPS) is 11.2. The van der Waals surface area contributed by atoms with Crippen LogP contribution in [0.2, 0.25) is 0 Å². The number of halogens is 3. The molecule has 102 valence electrons. The molecule has 0 saturated heterocycles. The monoisotopic (exact) mass is 400 g/mol. The van der Waals surface area contributed by atoms with Crippen LogP contribution < -0.4 is 5.32 Å². The summed E-state index contributed by atoms with van der Waals surface area (Å²) < 4.78 is 14.6. The fraction of sp³-hybridized carbons (Fsp3) is 0.0909. The van der Waals surface area contributed by atoms with E-state index in [4.69, 9.17) is 5.26 Å². The van der Waals surface area contributed by atoms with Gasteiger partial charge in [0.15, 0.2) is 0 Å². The molecule has 1 aromatic heterocycles. The molecule has 0 aliphatic heterocycles. The molecular formula is C11H7Br2FN6. The summed E-state index contributed by atoms with van der Waals surface area (Å²) in [6.45, 7) is 1.64. The number of anilines is 1. The van der Waals surface area contributed by atoms with Crippen LogP contribution in [-0.4, -0.2) is 20.6 Å². The van der Waals surface area contributed by atoms with Gasteiger partial charge in [-0.3, -0.25) is 0 Å². The lowest BCUT2D eigenvalue weighted by Gasteiger charge is -2.10. The molecule has 0 unspecified atom stereocenters. The summed E-state index contributed by atoms with van der Waals surface area (Å²) in [6, 6.07) is 3.29. The van der Waals surface area contributed by atoms with E-state index >= 15 is 0 Å². The van der Waals surface area contributed by atoms with E-state index in [0.29, 0.717) is 20.2 Å². The number of H-pyrrole nitrogens is 1. The molecule has 2 N–H and O–H groups in total. The molecular weight excluding hydrogens is 395 g/mol. The zero-order chi connectivity index (χ0) is 14.7. The predicted octanol–water partition coefficient (Wildman–Crippen LogP) is 3.15. The second kappa shape index (κ2) is 6.11. The van der Waals surface area contributed by atoms with E-state index in [9.17, 15) is 4.39 Å². The van der Waals surface area contributed by atoms with Gasteiger partial charge in [-0.15, -0.1) is 10.2 Å². The predicted molar refractivity (Wildman–Crippen MR) is 77.9 cm³/mol. The zero-order valence-corrected chi connectivity index (χ0v) is 13.2. The number of rotatable bonds is 3. The molecule has 0 saturated carbocycles. The third-order valence-corrected chi connectivity index (χ3v) is 4.08. The van der Waals surface area contributed by atoms with Crippen LogP contribution in [0.4, 0.5) is 10.1 Å². The van der Waals surface area contributed by atoms with E-state index in [2.05, 4.69) is 57.8 Å². The van der Waals surface area contributed by atoms with Crippen molar-refractivity contribution in [3.8, 4) is 6.07 Å². The summed E-state index contributed by atoms with van der Waals surface area (Å²) in [7, 11) is 0. The van der Waals surface area contributed by atoms with Gasteiger partial charge in [0.25, 0.3) is 0 Å². The molecule has 6 nitrogen and oxygen atoms in total. The van der Waals surface area contributed by atoms with E-state index in [1.165, 1.54) is 12.3 Å². The Bertz CT molecular complexity index is 705. The van der Waals surface area contributed by atoms with E-state index < -0.39 is 0 Å². The lowest BCUT2D eigenvalue weighted by Crippen LogP contribution is -1.97. The number of hydrogen-bond acceptors (Lipinski definition) is 5. The Morgan fingerprint density at radius 2 is 2.30 bits per heavy atom. The van der Waals surface area contributed by atoms with Gasteiger partial charge in [-0.2, -0.15) is 10.5 Å². The van der Waals surface area contributed by atoms with E-state index in [1.54, 1.807) is 6.92 Å². The number of tetrazole rings is 1. The van der Waals surface area contributed by atoms with Gasteiger partial charge in [0.1, 0.15) is 17.5 Å². The highest BCUT2D eigenvalue weighted by molar-refractivity contribution is 9.11. The molecule has 0 atom stereocenters. The van der Waals surface area contributed by atoms with Gasteiger partial charge in [0.05, 0.1) is 5.69 Å². The number of allylic oxidation sites excluding steroid dienone is 1. The minimum Gasteiger partial charge on any atom is -0.358 e. The Kier molecular flexibility index (Phi) is 4.46. The smallest absolute Gasteiger partial charge is 0.216 e. The molecule has 0 amide bonds. The maximum atomic E-state index is 13.5. The molecule has 0 bridgehead atoms. The lowest BCUT2D eigenvalue weighted by atomic mass is 10.2. The average Bonchev–Trinajstić information content (AvgIpc) is 2.94. The fourth-order valence-electron chi connectivity index (χ4n) is 1.39. The summed E-state index contributed by atoms with van der Waals surface area (Å²) in [4.78, 5) is 0. The molecule has 2 rings (SSSR count). The van der Waals surface area contributed by atoms with Crippen molar-refractivity contribution in [2.45, 2.75) is 6.92 Å². The van der Waals surface area contributed by atoms with Crippen molar-refractivity contribution in [1.29, 1.82) is 5.26 Å². The molecule has 0 fully saturated rings. The lowest BCUT2D eigenvalue weighted by molar-refractivity contribution is 0.616. The number of nitrogens with zero attached hydrogens (tertiary/aromatic N) is 4. The maximum Gasteiger partial charge on any atom is 0.216 e. The summed E-state index contributed by atoms with van der Waals surface area (Å²) in [5, 5.41) is 25.0. The van der Waals surface area contributed by atoms with Crippen LogP contribution in [0, 0.1) is 24.1 Å². The first-order valence-electron chi connectivity index (χ1n) is 5.29. The molecule has 0 aliphatic carbocycles. The minimum absolute atomic E-state index is 0.172. The van der Waals surface area contributed by atoms with Crippen molar-refractivity contribution in [2.75, 3.05) is 5.32 Å². The summed E-state index contributed by atoms with van der Waals surface area (Å²) in [6.07, 6.45) is 1.42. The van der Waals surface area contributed by atoms with Gasteiger partial charge in [-0.1, -0.05) is 0 Å². The van der Waals surface area contributed by atoms with Gasteiger partial charge in [-0.05, 0) is 50.1 Å². The van der Waals surface area contributed by atoms with Crippen LogP contribution in [0.5, 0.6) is 0 Å². The van der Waals surface area contributed by atoms with Gasteiger partial charge in [0.2, 0.25) is 5.82 Å². The van der Waals surface area contributed by atoms with E-state index in [0.717, 1.165) is 0 Å². The van der Waals surface area contributed by atoms with Crippen molar-refractivity contribution >= 4 is 43.1 Å². The topological polar surface area (TPSA) is 90.3 Å². The van der Waals surface area contributed by atoms with Crippen molar-refractivity contribution in [3.05, 3.63) is 38.4 Å². The van der Waals surface area contributed by atoms with E-state index in [1.807, 2.05) is 6.07 Å². The average molecular weight is 402 g/mol. The number of benzene rings is 1. The maximum absolute atomic E-state index is 13.5. The van der Waals surface area contributed by atoms with Gasteiger partial charge >= 0.3 is 0 Å². The molecule has 2 aromatic rings. The first-order chi connectivity index (χ1) is 9.54. The third kappa shape index (κ3) is 2.86. The zero-order valence-electron chi connectivity index (χ0n) is 10.1. The van der Waals surface area contributed by atoms with Crippen LogP contribution >= 0.6 is 31.9 Å². The Morgan fingerprint density at radius 3 is 2.90 bits per heavy atom. The number of nitriles is 1. The fourth-order valence-corrected chi connectivity index (χ4v) is 2.69. The molecule has 0 radical (unpaired) electrons. The van der Waals surface area contributed by atoms with Crippen LogP contribution in [0.3, 0.4) is 0 Å². The number of aromatic nitrogens is 4. The SMILES string of the molecule is Cc1c(F)cc(Br)c(NC=C(C#N)c2nn[nH]n2)c1Br. The Hall–Kier alpha value is -1.79. The molecule has 0 spiro atoms. The molecule has 20 heavy (non-hydrogen) atoms. The first-order valence-corrected chi connectivity index (χ1v) is 6.88. The Morgan fingerprint density at radius 1 is 1.55 bits per heavy atom. The number of aromatic amines is 1. The molecule has 1 heterocycles. The largest absolute Gasteiger partial charge is 0.358 e. The van der Waals surface area contributed by atoms with Crippen molar-refractivity contribution in [3.63, 3.8) is 0 Å². The second-order valence-corrected chi connectivity index (χ2v) is 5.35. The number of nitrogens with one attached hydrogen (secondary N) is 2. The third-order valence-electron chi connectivity index (χ3n) is 2.47. The highest BCUT2D eigenvalue weighted by Crippen LogP contribution is 2.35. The summed E-state index contributed by atoms with van der Waals surface area (Å²) in [5.41, 5.74) is 1.25. The first kappa shape index (κ1) is 14.6. The van der Waals surface area contributed by atoms with Crippen LogP contribution in [0.15, 0.2) is 21.2 Å². The quantitative estimate of drug-likeness (QED) is 0.771. The van der Waals surface area contributed by atoms with Gasteiger partial charge in [-0.25, -0.2) is 4.39 Å². The van der Waals surface area contributed by atoms with Crippen molar-refractivity contribution in [1.82, 2.24) is 20.6 Å². The second-order valence-electron chi connectivity index (χ2n) is 3.70. The molecule has 9 heteroatoms. The standard InChI is InChI=1S/C11H7Br2FN6/c1-5-8(14)2-7(12)10(9(5)13)16-4-6(3-15)11-17-19-20-18-11/h2,4,16H,1H3,(H,17,18,19,20). The molecule has 1 aromatic carbocycles. The summed E-state index contributed by atoms with van der Waals surface area (Å²) >= 11 is 6.57. The van der Waals surface area contributed by atoms with E-state index in [-0.39, 0.29) is 17.2 Å². The van der Waals surface area contributed by atoms with Crippen molar-refractivity contribution < 1.29 is 4.39 Å². The van der Waals surface area contributed by atoms with Crippen molar-refractivity contribution in [2.24, 2.45) is 0 Å². The highest BCUT2D eigenvalue weighted by Gasteiger charge is 2.12. The molecule has 0 aliphatic rings. The minimum atomic E-state index is -0.336. The van der Waals surface area contributed by atoms with Gasteiger partial charge < -0.3 is 5.32 Å². The van der Waals surface area contributed by atoms with Gasteiger partial charge in [0, 0.05) is 20.7 Å². The number of hydrogen-bond donors (Lipinski definition) is 2. The van der Waals surface area contributed by atoms with Crippen LogP contribution in [0.25, 0.3) is 5.57 Å². The Balaban J connectivity index is 2.36. The highest BCUT2D eigenvalue weighted by atomic mass is 79.9. The van der Waals surface area contributed by atoms with Crippen LogP contribution in [-0.2, 0) is 0 Å².